The summed E-state index contributed by atoms with van der Waals surface area (Å²) in [6.45, 7) is 0. The number of benzene rings is 2. The molecule has 0 aliphatic heterocycles. The monoisotopic (exact) mass is 197 g/mol. The number of rotatable bonds is 2. The van der Waals surface area contributed by atoms with Gasteiger partial charge in [-0.15, -0.1) is 0 Å². The summed E-state index contributed by atoms with van der Waals surface area (Å²) in [4.78, 5) is 0. The summed E-state index contributed by atoms with van der Waals surface area (Å²) in [5.41, 5.74) is 2.78. The van der Waals surface area contributed by atoms with Gasteiger partial charge in [-0.2, -0.15) is 0 Å². The van der Waals surface area contributed by atoms with Crippen LogP contribution in [0.15, 0.2) is 36.4 Å². The quantitative estimate of drug-likeness (QED) is 0.773. The van der Waals surface area contributed by atoms with Crippen molar-refractivity contribution in [2.45, 2.75) is 18.8 Å². The van der Waals surface area contributed by atoms with Gasteiger partial charge in [0, 0.05) is 18.1 Å². The second-order valence-electron chi connectivity index (χ2n) is 4.28. The maximum Gasteiger partial charge on any atom is 0.0420 e. The van der Waals surface area contributed by atoms with E-state index >= 15 is 0 Å². The van der Waals surface area contributed by atoms with Crippen LogP contribution in [0.1, 0.15) is 24.3 Å². The van der Waals surface area contributed by atoms with E-state index in [1.807, 2.05) is 7.05 Å². The number of hydrogen-bond donors (Lipinski definition) is 1. The smallest absolute Gasteiger partial charge is 0.0420 e. The van der Waals surface area contributed by atoms with Crippen molar-refractivity contribution in [1.29, 1.82) is 0 Å². The van der Waals surface area contributed by atoms with Crippen molar-refractivity contribution in [3.05, 3.63) is 42.0 Å². The predicted octanol–water partition coefficient (Wildman–Crippen LogP) is 3.76. The van der Waals surface area contributed by atoms with Crippen molar-refractivity contribution in [3.8, 4) is 0 Å². The third-order valence-corrected chi connectivity index (χ3v) is 3.22. The molecule has 1 N–H and O–H groups in total. The van der Waals surface area contributed by atoms with Crippen LogP contribution >= 0.6 is 0 Å². The zero-order valence-electron chi connectivity index (χ0n) is 8.96. The summed E-state index contributed by atoms with van der Waals surface area (Å²) in [6.07, 6.45) is 2.72. The van der Waals surface area contributed by atoms with Crippen molar-refractivity contribution in [1.82, 2.24) is 0 Å². The van der Waals surface area contributed by atoms with E-state index in [2.05, 4.69) is 41.7 Å². The number of anilines is 1. The molecule has 0 bridgehead atoms. The van der Waals surface area contributed by atoms with Gasteiger partial charge in [-0.1, -0.05) is 30.3 Å². The lowest BCUT2D eigenvalue weighted by atomic mass is 9.99. The van der Waals surface area contributed by atoms with E-state index in [1.165, 1.54) is 34.9 Å². The van der Waals surface area contributed by atoms with E-state index in [4.69, 9.17) is 0 Å². The highest BCUT2D eigenvalue weighted by molar-refractivity contribution is 5.97. The standard InChI is InChI=1S/C14H15N/c1-15-13-7-3-5-11-4-2-6-12(14(11)13)10-8-9-10/h2-7,10,15H,8-9H2,1H3. The first-order valence-corrected chi connectivity index (χ1v) is 5.59. The molecule has 0 saturated heterocycles. The Morgan fingerprint density at radius 2 is 1.80 bits per heavy atom. The van der Waals surface area contributed by atoms with Crippen LogP contribution in [0.25, 0.3) is 10.8 Å². The molecular formula is C14H15N. The van der Waals surface area contributed by atoms with E-state index in [0.717, 1.165) is 5.92 Å². The molecule has 0 heterocycles. The molecule has 1 aliphatic carbocycles. The van der Waals surface area contributed by atoms with Gasteiger partial charge in [-0.25, -0.2) is 0 Å². The minimum Gasteiger partial charge on any atom is -0.388 e. The number of nitrogens with one attached hydrogen (secondary N) is 1. The van der Waals surface area contributed by atoms with Gasteiger partial charge in [-0.05, 0) is 35.8 Å². The van der Waals surface area contributed by atoms with Gasteiger partial charge < -0.3 is 5.32 Å². The number of fused-ring (bicyclic) bond motifs is 1. The van der Waals surface area contributed by atoms with Gasteiger partial charge in [0.25, 0.3) is 0 Å². The Bertz CT molecular complexity index is 492. The summed E-state index contributed by atoms with van der Waals surface area (Å²) in [5, 5.41) is 6.07. The van der Waals surface area contributed by atoms with Crippen LogP contribution in [0.2, 0.25) is 0 Å². The highest BCUT2D eigenvalue weighted by Gasteiger charge is 2.25. The first-order chi connectivity index (χ1) is 7.40. The zero-order chi connectivity index (χ0) is 10.3. The average Bonchev–Trinajstić information content (AvgIpc) is 3.11. The molecular weight excluding hydrogens is 182 g/mol. The van der Waals surface area contributed by atoms with Crippen molar-refractivity contribution in [2.75, 3.05) is 12.4 Å². The Morgan fingerprint density at radius 3 is 2.47 bits per heavy atom. The predicted molar refractivity (Wildman–Crippen MR) is 65.5 cm³/mol. The molecule has 0 atom stereocenters. The first-order valence-electron chi connectivity index (χ1n) is 5.59. The zero-order valence-corrected chi connectivity index (χ0v) is 8.96. The van der Waals surface area contributed by atoms with Crippen LogP contribution in [-0.2, 0) is 0 Å². The van der Waals surface area contributed by atoms with Crippen LogP contribution in [0, 0.1) is 0 Å². The average molecular weight is 197 g/mol. The van der Waals surface area contributed by atoms with Crippen molar-refractivity contribution in [2.24, 2.45) is 0 Å². The van der Waals surface area contributed by atoms with Gasteiger partial charge >= 0.3 is 0 Å². The van der Waals surface area contributed by atoms with Gasteiger partial charge in [0.15, 0.2) is 0 Å². The van der Waals surface area contributed by atoms with Crippen LogP contribution < -0.4 is 5.32 Å². The molecule has 0 spiro atoms. The first kappa shape index (κ1) is 8.78. The Morgan fingerprint density at radius 1 is 1.07 bits per heavy atom. The fraction of sp³-hybridized carbons (Fsp3) is 0.286. The summed E-state index contributed by atoms with van der Waals surface area (Å²) in [5.74, 6) is 0.809. The van der Waals surface area contributed by atoms with Gasteiger partial charge in [-0.3, -0.25) is 0 Å². The largest absolute Gasteiger partial charge is 0.388 e. The summed E-state index contributed by atoms with van der Waals surface area (Å²) < 4.78 is 0. The maximum absolute atomic E-state index is 3.29. The normalized spacial score (nSPS) is 15.5. The second-order valence-corrected chi connectivity index (χ2v) is 4.28. The molecule has 1 nitrogen and oxygen atoms in total. The van der Waals surface area contributed by atoms with Crippen molar-refractivity contribution >= 4 is 16.5 Å². The third kappa shape index (κ3) is 1.39. The number of hydrogen-bond acceptors (Lipinski definition) is 1. The second kappa shape index (κ2) is 3.27. The van der Waals surface area contributed by atoms with Crippen LogP contribution in [0.5, 0.6) is 0 Å². The highest BCUT2D eigenvalue weighted by atomic mass is 14.8. The summed E-state index contributed by atoms with van der Waals surface area (Å²) in [6, 6.07) is 13.1. The molecule has 1 aliphatic rings. The molecule has 0 amide bonds. The SMILES string of the molecule is CNc1cccc2cccc(C3CC3)c12. The van der Waals surface area contributed by atoms with E-state index in [9.17, 15) is 0 Å². The minimum atomic E-state index is 0.809. The fourth-order valence-electron chi connectivity index (χ4n) is 2.31. The lowest BCUT2D eigenvalue weighted by Crippen LogP contribution is -1.92. The third-order valence-electron chi connectivity index (χ3n) is 3.22. The summed E-state index contributed by atoms with van der Waals surface area (Å²) >= 11 is 0. The highest BCUT2D eigenvalue weighted by Crippen LogP contribution is 2.44. The molecule has 2 aromatic rings. The topological polar surface area (TPSA) is 12.0 Å². The van der Waals surface area contributed by atoms with Gasteiger partial charge in [0.2, 0.25) is 0 Å². The maximum atomic E-state index is 3.29. The molecule has 3 rings (SSSR count). The van der Waals surface area contributed by atoms with Crippen LogP contribution in [0.4, 0.5) is 5.69 Å². The Hall–Kier alpha value is -1.50. The van der Waals surface area contributed by atoms with E-state index < -0.39 is 0 Å². The van der Waals surface area contributed by atoms with E-state index in [0.29, 0.717) is 0 Å². The molecule has 76 valence electrons. The Balaban J connectivity index is 2.33. The minimum absolute atomic E-state index is 0.809. The van der Waals surface area contributed by atoms with Crippen molar-refractivity contribution < 1.29 is 0 Å². The molecule has 1 saturated carbocycles. The summed E-state index contributed by atoms with van der Waals surface area (Å²) in [7, 11) is 2.00. The molecule has 15 heavy (non-hydrogen) atoms. The molecule has 2 aromatic carbocycles. The molecule has 1 heteroatoms. The molecule has 0 unspecified atom stereocenters. The van der Waals surface area contributed by atoms with Gasteiger partial charge in [0.05, 0.1) is 0 Å². The molecule has 1 fully saturated rings. The fourth-order valence-corrected chi connectivity index (χ4v) is 2.31. The lowest BCUT2D eigenvalue weighted by Gasteiger charge is -2.10. The molecule has 0 radical (unpaired) electrons. The molecule has 0 aromatic heterocycles. The van der Waals surface area contributed by atoms with Crippen LogP contribution in [-0.4, -0.2) is 7.05 Å². The van der Waals surface area contributed by atoms with Gasteiger partial charge in [0.1, 0.15) is 0 Å². The van der Waals surface area contributed by atoms with Crippen molar-refractivity contribution in [3.63, 3.8) is 0 Å². The Kier molecular flexibility index (Phi) is 1.91. The van der Waals surface area contributed by atoms with Crippen LogP contribution in [0.3, 0.4) is 0 Å². The lowest BCUT2D eigenvalue weighted by molar-refractivity contribution is 1.15. The Labute approximate surface area is 90.1 Å². The van der Waals surface area contributed by atoms with E-state index in [1.54, 1.807) is 0 Å². The van der Waals surface area contributed by atoms with E-state index in [-0.39, 0.29) is 0 Å².